The third-order valence-electron chi connectivity index (χ3n) is 5.06. The first kappa shape index (κ1) is 19.4. The molecule has 0 radical (unpaired) electrons. The molecule has 0 fully saturated rings. The van der Waals surface area contributed by atoms with Crippen LogP contribution in [0.4, 0.5) is 0 Å². The van der Waals surface area contributed by atoms with Gasteiger partial charge in [0.25, 0.3) is 11.5 Å². The topological polar surface area (TPSA) is 106 Å². The molecular formula is C22H20N4O4. The molecule has 0 unspecified atom stereocenters. The fourth-order valence-corrected chi connectivity index (χ4v) is 3.55. The molecule has 2 aromatic heterocycles. The van der Waals surface area contributed by atoms with E-state index in [1.54, 1.807) is 24.3 Å². The lowest BCUT2D eigenvalue weighted by Crippen LogP contribution is -2.43. The number of amides is 1. The summed E-state index contributed by atoms with van der Waals surface area (Å²) in [6.45, 7) is 0. The molecule has 30 heavy (non-hydrogen) atoms. The first-order valence-corrected chi connectivity index (χ1v) is 9.39. The predicted molar refractivity (Wildman–Crippen MR) is 112 cm³/mol. The Morgan fingerprint density at radius 1 is 1.10 bits per heavy atom. The highest BCUT2D eigenvalue weighted by atomic mass is 16.5. The standard InChI is InChI=1S/C22H20N4O4/c1-26-21(28)16-9-4-3-8-15(16)19(25-26)20(27)24-18(22(29)30-2)11-13-12-23-17-10-6-5-7-14(13)17/h3-10,12,18,23H,11H2,1-2H3,(H,24,27)/t18-/m0/s1. The SMILES string of the molecule is COC(=O)[C@H](Cc1c[nH]c2ccccc12)NC(=O)c1nn(C)c(=O)c2ccccc12. The molecule has 152 valence electrons. The summed E-state index contributed by atoms with van der Waals surface area (Å²) in [7, 11) is 2.76. The van der Waals surface area contributed by atoms with Crippen molar-refractivity contribution in [1.29, 1.82) is 0 Å². The first-order chi connectivity index (χ1) is 14.5. The summed E-state index contributed by atoms with van der Waals surface area (Å²) >= 11 is 0. The highest BCUT2D eigenvalue weighted by Crippen LogP contribution is 2.20. The minimum atomic E-state index is -0.917. The lowest BCUT2D eigenvalue weighted by atomic mass is 10.0. The Kier molecular flexibility index (Phi) is 5.05. The highest BCUT2D eigenvalue weighted by Gasteiger charge is 2.26. The third kappa shape index (κ3) is 3.43. The van der Waals surface area contributed by atoms with Gasteiger partial charge >= 0.3 is 5.97 Å². The summed E-state index contributed by atoms with van der Waals surface area (Å²) in [6.07, 6.45) is 2.05. The van der Waals surface area contributed by atoms with Crippen molar-refractivity contribution in [3.63, 3.8) is 0 Å². The molecule has 8 nitrogen and oxygen atoms in total. The normalized spacial score (nSPS) is 12.1. The number of hydrogen-bond acceptors (Lipinski definition) is 5. The number of methoxy groups -OCH3 is 1. The van der Waals surface area contributed by atoms with Gasteiger partial charge in [-0.25, -0.2) is 9.48 Å². The molecule has 0 saturated carbocycles. The number of hydrogen-bond donors (Lipinski definition) is 2. The lowest BCUT2D eigenvalue weighted by Gasteiger charge is -2.17. The zero-order valence-electron chi connectivity index (χ0n) is 16.5. The van der Waals surface area contributed by atoms with Gasteiger partial charge in [0.1, 0.15) is 6.04 Å². The number of rotatable bonds is 5. The van der Waals surface area contributed by atoms with Crippen LogP contribution in [-0.2, 0) is 23.0 Å². The number of nitrogens with zero attached hydrogens (tertiary/aromatic N) is 2. The van der Waals surface area contributed by atoms with Crippen LogP contribution in [0, 0.1) is 0 Å². The third-order valence-corrected chi connectivity index (χ3v) is 5.06. The van der Waals surface area contributed by atoms with Crippen LogP contribution in [-0.4, -0.2) is 39.8 Å². The van der Waals surface area contributed by atoms with Gasteiger partial charge in [0.2, 0.25) is 0 Å². The zero-order chi connectivity index (χ0) is 21.3. The second-order valence-electron chi connectivity index (χ2n) is 6.94. The fourth-order valence-electron chi connectivity index (χ4n) is 3.55. The van der Waals surface area contributed by atoms with Crippen molar-refractivity contribution in [3.05, 3.63) is 76.3 Å². The molecule has 0 aliphatic carbocycles. The Labute approximate surface area is 171 Å². The van der Waals surface area contributed by atoms with Crippen LogP contribution in [0.15, 0.2) is 59.5 Å². The van der Waals surface area contributed by atoms with E-state index in [0.717, 1.165) is 21.1 Å². The molecule has 0 saturated heterocycles. The molecule has 1 atom stereocenters. The van der Waals surface area contributed by atoms with E-state index < -0.39 is 17.9 Å². The van der Waals surface area contributed by atoms with Gasteiger partial charge in [0.05, 0.1) is 12.5 Å². The van der Waals surface area contributed by atoms with E-state index in [2.05, 4.69) is 15.4 Å². The molecule has 2 heterocycles. The minimum absolute atomic E-state index is 0.0699. The quantitative estimate of drug-likeness (QED) is 0.495. The Bertz CT molecular complexity index is 1320. The number of aryl methyl sites for hydroxylation is 1. The summed E-state index contributed by atoms with van der Waals surface area (Å²) in [5.41, 5.74) is 1.58. The molecule has 0 bridgehead atoms. The van der Waals surface area contributed by atoms with Gasteiger partial charge in [0, 0.05) is 36.0 Å². The van der Waals surface area contributed by atoms with Gasteiger partial charge in [-0.15, -0.1) is 0 Å². The monoisotopic (exact) mass is 404 g/mol. The summed E-state index contributed by atoms with van der Waals surface area (Å²) in [6, 6.07) is 13.5. The number of H-pyrrole nitrogens is 1. The maximum atomic E-state index is 13.0. The number of para-hydroxylation sites is 1. The Morgan fingerprint density at radius 3 is 2.50 bits per heavy atom. The van der Waals surface area contributed by atoms with E-state index in [4.69, 9.17) is 4.74 Å². The summed E-state index contributed by atoms with van der Waals surface area (Å²) < 4.78 is 6.02. The number of fused-ring (bicyclic) bond motifs is 2. The highest BCUT2D eigenvalue weighted by molar-refractivity contribution is 6.06. The molecule has 0 aliphatic heterocycles. The van der Waals surface area contributed by atoms with Crippen molar-refractivity contribution in [2.75, 3.05) is 7.11 Å². The number of aromatic nitrogens is 3. The largest absolute Gasteiger partial charge is 0.467 e. The molecule has 4 rings (SSSR count). The average molecular weight is 404 g/mol. The van der Waals surface area contributed by atoms with Crippen molar-refractivity contribution in [2.45, 2.75) is 12.5 Å². The van der Waals surface area contributed by atoms with Gasteiger partial charge in [-0.05, 0) is 17.7 Å². The molecule has 2 aromatic carbocycles. The summed E-state index contributed by atoms with van der Waals surface area (Å²) in [5.74, 6) is -1.13. The van der Waals surface area contributed by atoms with Crippen LogP contribution >= 0.6 is 0 Å². The molecule has 2 N–H and O–H groups in total. The number of aromatic amines is 1. The van der Waals surface area contributed by atoms with E-state index in [-0.39, 0.29) is 17.7 Å². The predicted octanol–water partition coefficient (Wildman–Crippen LogP) is 1.93. The number of ether oxygens (including phenoxy) is 1. The van der Waals surface area contributed by atoms with E-state index >= 15 is 0 Å². The summed E-state index contributed by atoms with van der Waals surface area (Å²) in [5, 5.41) is 8.61. The lowest BCUT2D eigenvalue weighted by molar-refractivity contribution is -0.142. The average Bonchev–Trinajstić information content (AvgIpc) is 3.18. The zero-order valence-corrected chi connectivity index (χ0v) is 16.5. The van der Waals surface area contributed by atoms with Gasteiger partial charge in [-0.1, -0.05) is 36.4 Å². The maximum Gasteiger partial charge on any atom is 0.328 e. The molecule has 4 aromatic rings. The maximum absolute atomic E-state index is 13.0. The van der Waals surface area contributed by atoms with E-state index in [0.29, 0.717) is 10.8 Å². The van der Waals surface area contributed by atoms with E-state index in [1.807, 2.05) is 30.5 Å². The van der Waals surface area contributed by atoms with Crippen LogP contribution in [0.3, 0.4) is 0 Å². The van der Waals surface area contributed by atoms with Crippen molar-refractivity contribution in [3.8, 4) is 0 Å². The molecule has 0 spiro atoms. The number of esters is 1. The van der Waals surface area contributed by atoms with Crippen molar-refractivity contribution >= 4 is 33.6 Å². The molecule has 0 aliphatic rings. The van der Waals surface area contributed by atoms with Gasteiger partial charge in [-0.2, -0.15) is 5.10 Å². The van der Waals surface area contributed by atoms with Crippen molar-refractivity contribution in [2.24, 2.45) is 7.05 Å². The van der Waals surface area contributed by atoms with Crippen molar-refractivity contribution < 1.29 is 14.3 Å². The first-order valence-electron chi connectivity index (χ1n) is 9.39. The molecular weight excluding hydrogens is 384 g/mol. The van der Waals surface area contributed by atoms with Crippen LogP contribution in [0.2, 0.25) is 0 Å². The Hall–Kier alpha value is -3.94. The number of nitrogens with one attached hydrogen (secondary N) is 2. The summed E-state index contributed by atoms with van der Waals surface area (Å²) in [4.78, 5) is 40.9. The second kappa shape index (κ2) is 7.82. The van der Waals surface area contributed by atoms with E-state index in [1.165, 1.54) is 14.2 Å². The van der Waals surface area contributed by atoms with Gasteiger partial charge < -0.3 is 15.0 Å². The smallest absolute Gasteiger partial charge is 0.328 e. The van der Waals surface area contributed by atoms with Crippen LogP contribution in [0.5, 0.6) is 0 Å². The fraction of sp³-hybridized carbons (Fsp3) is 0.182. The van der Waals surface area contributed by atoms with Crippen LogP contribution in [0.1, 0.15) is 16.1 Å². The number of carbonyl (C=O) groups is 2. The Morgan fingerprint density at radius 2 is 1.77 bits per heavy atom. The van der Waals surface area contributed by atoms with Crippen LogP contribution < -0.4 is 10.9 Å². The second-order valence-corrected chi connectivity index (χ2v) is 6.94. The van der Waals surface area contributed by atoms with Crippen LogP contribution in [0.25, 0.3) is 21.7 Å². The van der Waals surface area contributed by atoms with Gasteiger partial charge in [0.15, 0.2) is 5.69 Å². The Balaban J connectivity index is 1.68. The number of benzene rings is 2. The minimum Gasteiger partial charge on any atom is -0.467 e. The van der Waals surface area contributed by atoms with Gasteiger partial charge in [-0.3, -0.25) is 9.59 Å². The molecule has 8 heteroatoms. The molecule has 1 amide bonds. The number of carbonyl (C=O) groups excluding carboxylic acids is 2. The van der Waals surface area contributed by atoms with E-state index in [9.17, 15) is 14.4 Å². The van der Waals surface area contributed by atoms with Crippen molar-refractivity contribution in [1.82, 2.24) is 20.1 Å².